The molecule has 5 heteroatoms. The maximum atomic E-state index is 12.3. The number of halogens is 2. The van der Waals surface area contributed by atoms with Crippen LogP contribution in [0.3, 0.4) is 0 Å². The van der Waals surface area contributed by atoms with Gasteiger partial charge in [-0.05, 0) is 42.8 Å². The molecule has 20 heavy (non-hydrogen) atoms. The summed E-state index contributed by atoms with van der Waals surface area (Å²) < 4.78 is 5.17. The number of methoxy groups -OCH3 is 1. The Hall–Kier alpha value is -1.71. The van der Waals surface area contributed by atoms with Gasteiger partial charge in [-0.25, -0.2) is 0 Å². The molecule has 2 aromatic rings. The Labute approximate surface area is 127 Å². The number of carbonyl (C=O) groups is 1. The van der Waals surface area contributed by atoms with Gasteiger partial charge in [0.15, 0.2) is 0 Å². The van der Waals surface area contributed by atoms with Gasteiger partial charge in [-0.15, -0.1) is 0 Å². The van der Waals surface area contributed by atoms with Crippen molar-refractivity contribution in [1.29, 1.82) is 0 Å². The number of anilines is 1. The fourth-order valence-electron chi connectivity index (χ4n) is 1.78. The number of hydrogen-bond acceptors (Lipinski definition) is 2. The van der Waals surface area contributed by atoms with Crippen molar-refractivity contribution in [3.05, 3.63) is 57.6 Å². The van der Waals surface area contributed by atoms with Crippen molar-refractivity contribution in [1.82, 2.24) is 0 Å². The summed E-state index contributed by atoms with van der Waals surface area (Å²) in [6, 6.07) is 10.2. The molecule has 0 fully saturated rings. The van der Waals surface area contributed by atoms with Gasteiger partial charge in [0.2, 0.25) is 0 Å². The standard InChI is InChI=1S/C15H13Cl2NO2/c1-9-3-4-11(17)8-13(9)18-15(19)12-7-10(16)5-6-14(12)20-2/h3-8H,1-2H3,(H,18,19). The minimum Gasteiger partial charge on any atom is -0.496 e. The zero-order valence-corrected chi connectivity index (χ0v) is 12.5. The molecule has 104 valence electrons. The number of benzene rings is 2. The molecule has 0 saturated heterocycles. The molecule has 0 aliphatic carbocycles. The van der Waals surface area contributed by atoms with Crippen molar-refractivity contribution >= 4 is 34.8 Å². The third-order valence-electron chi connectivity index (χ3n) is 2.85. The smallest absolute Gasteiger partial charge is 0.259 e. The molecule has 1 amide bonds. The van der Waals surface area contributed by atoms with Gasteiger partial charge in [-0.2, -0.15) is 0 Å². The summed E-state index contributed by atoms with van der Waals surface area (Å²) in [4.78, 5) is 12.3. The van der Waals surface area contributed by atoms with Gasteiger partial charge < -0.3 is 10.1 Å². The first-order valence-electron chi connectivity index (χ1n) is 5.92. The van der Waals surface area contributed by atoms with E-state index in [4.69, 9.17) is 27.9 Å². The molecule has 2 aromatic carbocycles. The lowest BCUT2D eigenvalue weighted by Crippen LogP contribution is -2.14. The van der Waals surface area contributed by atoms with Crippen LogP contribution in [0.2, 0.25) is 10.0 Å². The predicted octanol–water partition coefficient (Wildman–Crippen LogP) is 4.56. The summed E-state index contributed by atoms with van der Waals surface area (Å²) in [5.41, 5.74) is 1.95. The van der Waals surface area contributed by atoms with Crippen LogP contribution in [-0.2, 0) is 0 Å². The van der Waals surface area contributed by atoms with Gasteiger partial charge in [0.1, 0.15) is 5.75 Å². The van der Waals surface area contributed by atoms with Gasteiger partial charge in [-0.3, -0.25) is 4.79 Å². The van der Waals surface area contributed by atoms with Gasteiger partial charge in [0, 0.05) is 15.7 Å². The highest BCUT2D eigenvalue weighted by molar-refractivity contribution is 6.31. The van der Waals surface area contributed by atoms with Crippen LogP contribution in [-0.4, -0.2) is 13.0 Å². The lowest BCUT2D eigenvalue weighted by molar-refractivity contribution is 0.102. The van der Waals surface area contributed by atoms with E-state index < -0.39 is 0 Å². The van der Waals surface area contributed by atoms with Crippen molar-refractivity contribution in [2.24, 2.45) is 0 Å². The normalized spacial score (nSPS) is 10.2. The van der Waals surface area contributed by atoms with E-state index in [-0.39, 0.29) is 5.91 Å². The number of nitrogens with one attached hydrogen (secondary N) is 1. The van der Waals surface area contributed by atoms with Crippen molar-refractivity contribution in [3.8, 4) is 5.75 Å². The highest BCUT2D eigenvalue weighted by atomic mass is 35.5. The Morgan fingerprint density at radius 2 is 1.75 bits per heavy atom. The molecule has 0 radical (unpaired) electrons. The van der Waals surface area contributed by atoms with Crippen LogP contribution in [0.4, 0.5) is 5.69 Å². The molecule has 0 unspecified atom stereocenters. The summed E-state index contributed by atoms with van der Waals surface area (Å²) >= 11 is 11.9. The molecule has 1 N–H and O–H groups in total. The molecular weight excluding hydrogens is 297 g/mol. The minimum atomic E-state index is -0.297. The molecule has 0 aliphatic rings. The lowest BCUT2D eigenvalue weighted by Gasteiger charge is -2.11. The molecule has 3 nitrogen and oxygen atoms in total. The van der Waals surface area contributed by atoms with Crippen LogP contribution in [0.1, 0.15) is 15.9 Å². The summed E-state index contributed by atoms with van der Waals surface area (Å²) in [6.45, 7) is 1.89. The first-order valence-corrected chi connectivity index (χ1v) is 6.68. The minimum absolute atomic E-state index is 0.297. The van der Waals surface area contributed by atoms with E-state index in [0.29, 0.717) is 27.0 Å². The summed E-state index contributed by atoms with van der Waals surface area (Å²) in [5.74, 6) is 0.168. The second-order valence-electron chi connectivity index (χ2n) is 4.26. The van der Waals surface area contributed by atoms with E-state index in [1.165, 1.54) is 7.11 Å². The second kappa shape index (κ2) is 6.16. The van der Waals surface area contributed by atoms with Crippen LogP contribution < -0.4 is 10.1 Å². The largest absolute Gasteiger partial charge is 0.496 e. The molecule has 0 bridgehead atoms. The van der Waals surface area contributed by atoms with E-state index in [1.807, 2.05) is 13.0 Å². The summed E-state index contributed by atoms with van der Waals surface area (Å²) in [7, 11) is 1.50. The molecule has 0 saturated carbocycles. The topological polar surface area (TPSA) is 38.3 Å². The van der Waals surface area contributed by atoms with Gasteiger partial charge in [0.05, 0.1) is 12.7 Å². The third-order valence-corrected chi connectivity index (χ3v) is 3.32. The van der Waals surface area contributed by atoms with Crippen molar-refractivity contribution in [2.75, 3.05) is 12.4 Å². The molecule has 0 aromatic heterocycles. The molecule has 0 atom stereocenters. The van der Waals surface area contributed by atoms with Crippen molar-refractivity contribution in [3.63, 3.8) is 0 Å². The molecule has 2 rings (SSSR count). The van der Waals surface area contributed by atoms with Gasteiger partial charge in [-0.1, -0.05) is 29.3 Å². The summed E-state index contributed by atoms with van der Waals surface area (Å²) in [5, 5.41) is 3.84. The SMILES string of the molecule is COc1ccc(Cl)cc1C(=O)Nc1cc(Cl)ccc1C. The van der Waals surface area contributed by atoms with Crippen LogP contribution in [0.15, 0.2) is 36.4 Å². The van der Waals surface area contributed by atoms with E-state index >= 15 is 0 Å². The predicted molar refractivity (Wildman–Crippen MR) is 82.1 cm³/mol. The number of hydrogen-bond donors (Lipinski definition) is 1. The Morgan fingerprint density at radius 1 is 1.10 bits per heavy atom. The Bertz CT molecular complexity index is 656. The highest BCUT2D eigenvalue weighted by Gasteiger charge is 2.14. The van der Waals surface area contributed by atoms with E-state index in [9.17, 15) is 4.79 Å². The first-order chi connectivity index (χ1) is 9.51. The molecule has 0 heterocycles. The molecule has 0 aliphatic heterocycles. The first kappa shape index (κ1) is 14.7. The number of amides is 1. The Morgan fingerprint density at radius 3 is 2.45 bits per heavy atom. The molecular formula is C15H13Cl2NO2. The van der Waals surface area contributed by atoms with Gasteiger partial charge in [0.25, 0.3) is 5.91 Å². The maximum Gasteiger partial charge on any atom is 0.259 e. The van der Waals surface area contributed by atoms with Gasteiger partial charge >= 0.3 is 0 Å². The Kier molecular flexibility index (Phi) is 4.53. The van der Waals surface area contributed by atoms with E-state index in [1.54, 1.807) is 30.3 Å². The quantitative estimate of drug-likeness (QED) is 0.902. The van der Waals surface area contributed by atoms with E-state index in [0.717, 1.165) is 5.56 Å². The number of aryl methyl sites for hydroxylation is 1. The van der Waals surface area contributed by atoms with Crippen LogP contribution in [0.25, 0.3) is 0 Å². The fraction of sp³-hybridized carbons (Fsp3) is 0.133. The number of rotatable bonds is 3. The number of carbonyl (C=O) groups excluding carboxylic acids is 1. The van der Waals surface area contributed by atoms with E-state index in [2.05, 4.69) is 5.32 Å². The monoisotopic (exact) mass is 309 g/mol. The van der Waals surface area contributed by atoms with Crippen molar-refractivity contribution < 1.29 is 9.53 Å². The summed E-state index contributed by atoms with van der Waals surface area (Å²) in [6.07, 6.45) is 0. The number of ether oxygens (including phenoxy) is 1. The van der Waals surface area contributed by atoms with Crippen LogP contribution in [0, 0.1) is 6.92 Å². The lowest BCUT2D eigenvalue weighted by atomic mass is 10.1. The average Bonchev–Trinajstić information content (AvgIpc) is 2.42. The van der Waals surface area contributed by atoms with Crippen LogP contribution in [0.5, 0.6) is 5.75 Å². The fourth-order valence-corrected chi connectivity index (χ4v) is 2.12. The van der Waals surface area contributed by atoms with Crippen LogP contribution >= 0.6 is 23.2 Å². The molecule has 0 spiro atoms. The third kappa shape index (κ3) is 3.24. The Balaban J connectivity index is 2.32. The zero-order chi connectivity index (χ0) is 14.7. The second-order valence-corrected chi connectivity index (χ2v) is 5.13. The maximum absolute atomic E-state index is 12.3. The zero-order valence-electron chi connectivity index (χ0n) is 11.0. The highest BCUT2D eigenvalue weighted by Crippen LogP contribution is 2.25. The average molecular weight is 310 g/mol. The van der Waals surface area contributed by atoms with Crippen molar-refractivity contribution in [2.45, 2.75) is 6.92 Å².